The first-order valence-electron chi connectivity index (χ1n) is 9.02. The number of amides is 2. The Labute approximate surface area is 154 Å². The zero-order valence-corrected chi connectivity index (χ0v) is 15.1. The van der Waals surface area contributed by atoms with Crippen molar-refractivity contribution in [3.63, 3.8) is 0 Å². The molecule has 2 aromatic rings. The fourth-order valence-electron chi connectivity index (χ4n) is 3.06. The topological polar surface area (TPSA) is 52.7 Å². The maximum atomic E-state index is 13.0. The third-order valence-corrected chi connectivity index (χ3v) is 4.60. The van der Waals surface area contributed by atoms with Gasteiger partial charge in [0.25, 0.3) is 5.91 Å². The summed E-state index contributed by atoms with van der Waals surface area (Å²) in [6.07, 6.45) is 0. The summed E-state index contributed by atoms with van der Waals surface area (Å²) in [6.45, 7) is 5.50. The molecule has 26 heavy (non-hydrogen) atoms. The lowest BCUT2D eigenvalue weighted by Crippen LogP contribution is -2.50. The summed E-state index contributed by atoms with van der Waals surface area (Å²) < 4.78 is 0. The highest BCUT2D eigenvalue weighted by Gasteiger charge is 2.23. The van der Waals surface area contributed by atoms with E-state index >= 15 is 0 Å². The molecule has 1 fully saturated rings. The van der Waals surface area contributed by atoms with Crippen LogP contribution in [0.2, 0.25) is 0 Å². The summed E-state index contributed by atoms with van der Waals surface area (Å²) in [5.74, 6) is -0.111. The lowest BCUT2D eigenvalue weighted by Gasteiger charge is -2.30. The molecule has 2 amide bonds. The Hall–Kier alpha value is -2.66. The molecule has 1 aliphatic heterocycles. The van der Waals surface area contributed by atoms with Crippen LogP contribution in [0, 0.1) is 6.92 Å². The van der Waals surface area contributed by atoms with E-state index in [4.69, 9.17) is 0 Å². The Kier molecular flexibility index (Phi) is 6.02. The summed E-state index contributed by atoms with van der Waals surface area (Å²) in [7, 11) is 0. The van der Waals surface area contributed by atoms with Crippen LogP contribution in [0.15, 0.2) is 54.6 Å². The quantitative estimate of drug-likeness (QED) is 0.897. The Morgan fingerprint density at radius 2 is 1.65 bits per heavy atom. The van der Waals surface area contributed by atoms with Gasteiger partial charge in [-0.15, -0.1) is 0 Å². The molecule has 1 N–H and O–H groups in total. The number of nitrogens with one attached hydrogen (secondary N) is 1. The van der Waals surface area contributed by atoms with Crippen molar-refractivity contribution in [2.75, 3.05) is 32.7 Å². The number of nitrogens with zero attached hydrogens (tertiary/aromatic N) is 2. The maximum absolute atomic E-state index is 13.0. The molecule has 1 heterocycles. The van der Waals surface area contributed by atoms with Crippen molar-refractivity contribution >= 4 is 11.8 Å². The van der Waals surface area contributed by atoms with E-state index in [-0.39, 0.29) is 18.4 Å². The van der Waals surface area contributed by atoms with Gasteiger partial charge < -0.3 is 15.1 Å². The van der Waals surface area contributed by atoms with Crippen LogP contribution in [0.25, 0.3) is 0 Å². The molecule has 5 nitrogen and oxygen atoms in total. The maximum Gasteiger partial charge on any atom is 0.254 e. The molecule has 0 aromatic heterocycles. The van der Waals surface area contributed by atoms with Gasteiger partial charge in [-0.2, -0.15) is 0 Å². The highest BCUT2D eigenvalue weighted by Crippen LogP contribution is 2.12. The number of piperazine rings is 1. The smallest absolute Gasteiger partial charge is 0.254 e. The average Bonchev–Trinajstić information content (AvgIpc) is 2.69. The van der Waals surface area contributed by atoms with Gasteiger partial charge in [-0.1, -0.05) is 48.0 Å². The van der Waals surface area contributed by atoms with Crippen LogP contribution in [0.4, 0.5) is 0 Å². The van der Waals surface area contributed by atoms with E-state index in [1.165, 1.54) is 0 Å². The molecule has 0 radical (unpaired) electrons. The van der Waals surface area contributed by atoms with E-state index in [0.717, 1.165) is 24.2 Å². The molecule has 1 aliphatic rings. The molecule has 0 unspecified atom stereocenters. The summed E-state index contributed by atoms with van der Waals surface area (Å²) in [4.78, 5) is 29.2. The van der Waals surface area contributed by atoms with Crippen molar-refractivity contribution in [3.05, 3.63) is 71.3 Å². The normalized spacial score (nSPS) is 14.1. The molecule has 2 aromatic carbocycles. The van der Waals surface area contributed by atoms with Gasteiger partial charge >= 0.3 is 0 Å². The first-order chi connectivity index (χ1) is 12.6. The van der Waals surface area contributed by atoms with Crippen molar-refractivity contribution in [3.8, 4) is 0 Å². The van der Waals surface area contributed by atoms with Crippen molar-refractivity contribution in [1.29, 1.82) is 0 Å². The summed E-state index contributed by atoms with van der Waals surface area (Å²) in [6, 6.07) is 17.3. The first kappa shape index (κ1) is 18.1. The van der Waals surface area contributed by atoms with E-state index in [9.17, 15) is 9.59 Å². The Bertz CT molecular complexity index is 738. The van der Waals surface area contributed by atoms with Gasteiger partial charge in [-0.3, -0.25) is 9.59 Å². The van der Waals surface area contributed by atoms with Crippen molar-refractivity contribution < 1.29 is 9.59 Å². The van der Waals surface area contributed by atoms with Gasteiger partial charge in [0.15, 0.2) is 0 Å². The van der Waals surface area contributed by atoms with E-state index in [0.29, 0.717) is 25.2 Å². The van der Waals surface area contributed by atoms with Gasteiger partial charge in [-0.25, -0.2) is 0 Å². The first-order valence-corrected chi connectivity index (χ1v) is 9.02. The van der Waals surface area contributed by atoms with Gasteiger partial charge in [0, 0.05) is 38.3 Å². The lowest BCUT2D eigenvalue weighted by atomic mass is 10.1. The molecule has 5 heteroatoms. The van der Waals surface area contributed by atoms with Gasteiger partial charge in [0.2, 0.25) is 5.91 Å². The zero-order valence-electron chi connectivity index (χ0n) is 15.1. The monoisotopic (exact) mass is 351 g/mol. The molecule has 0 atom stereocenters. The number of rotatable bonds is 5. The lowest BCUT2D eigenvalue weighted by molar-refractivity contribution is -0.132. The zero-order chi connectivity index (χ0) is 18.4. The molecule has 3 rings (SSSR count). The van der Waals surface area contributed by atoms with Gasteiger partial charge in [-0.05, 0) is 24.6 Å². The van der Waals surface area contributed by atoms with Crippen molar-refractivity contribution in [1.82, 2.24) is 15.1 Å². The number of hydrogen-bond acceptors (Lipinski definition) is 3. The number of aryl methyl sites for hydroxylation is 1. The van der Waals surface area contributed by atoms with Crippen LogP contribution < -0.4 is 5.32 Å². The third-order valence-electron chi connectivity index (χ3n) is 4.60. The molecule has 1 saturated heterocycles. The van der Waals surface area contributed by atoms with E-state index in [1.54, 1.807) is 4.90 Å². The second kappa shape index (κ2) is 8.63. The van der Waals surface area contributed by atoms with Crippen molar-refractivity contribution in [2.24, 2.45) is 0 Å². The molecule has 0 bridgehead atoms. The largest absolute Gasteiger partial charge is 0.339 e. The molecular weight excluding hydrogens is 326 g/mol. The van der Waals surface area contributed by atoms with E-state index in [1.807, 2.05) is 66.4 Å². The number of benzene rings is 2. The van der Waals surface area contributed by atoms with E-state index < -0.39 is 0 Å². The van der Waals surface area contributed by atoms with Crippen LogP contribution in [0.3, 0.4) is 0 Å². The van der Waals surface area contributed by atoms with Crippen LogP contribution in [0.1, 0.15) is 21.5 Å². The highest BCUT2D eigenvalue weighted by atomic mass is 16.2. The predicted molar refractivity (Wildman–Crippen MR) is 102 cm³/mol. The summed E-state index contributed by atoms with van der Waals surface area (Å²) in [5, 5.41) is 3.24. The fraction of sp³-hybridized carbons (Fsp3) is 0.333. The second-order valence-electron chi connectivity index (χ2n) is 6.64. The molecule has 0 saturated carbocycles. The standard InChI is InChI=1S/C21H25N3O2/c1-17-7-9-19(10-8-17)21(26)24(15-18-5-3-2-4-6-18)16-20(25)23-13-11-22-12-14-23/h2-10,22H,11-16H2,1H3. The van der Waals surface area contributed by atoms with Crippen LogP contribution in [-0.2, 0) is 11.3 Å². The molecular formula is C21H25N3O2. The minimum Gasteiger partial charge on any atom is -0.339 e. The van der Waals surface area contributed by atoms with Gasteiger partial charge in [0.1, 0.15) is 6.54 Å². The SMILES string of the molecule is Cc1ccc(C(=O)N(CC(=O)N2CCNCC2)Cc2ccccc2)cc1. The number of carbonyl (C=O) groups is 2. The number of carbonyl (C=O) groups excluding carboxylic acids is 2. The Morgan fingerprint density at radius 3 is 2.31 bits per heavy atom. The highest BCUT2D eigenvalue weighted by molar-refractivity contribution is 5.96. The summed E-state index contributed by atoms with van der Waals surface area (Å²) in [5.41, 5.74) is 2.73. The fourth-order valence-corrected chi connectivity index (χ4v) is 3.06. The van der Waals surface area contributed by atoms with Gasteiger partial charge in [0.05, 0.1) is 0 Å². The molecule has 136 valence electrons. The molecule has 0 aliphatic carbocycles. The van der Waals surface area contributed by atoms with Crippen LogP contribution in [0.5, 0.6) is 0 Å². The Morgan fingerprint density at radius 1 is 1.00 bits per heavy atom. The van der Waals surface area contributed by atoms with Crippen LogP contribution in [-0.4, -0.2) is 54.3 Å². The minimum atomic E-state index is -0.114. The minimum absolute atomic E-state index is 0.00268. The Balaban J connectivity index is 1.77. The van der Waals surface area contributed by atoms with E-state index in [2.05, 4.69) is 5.32 Å². The third kappa shape index (κ3) is 4.70. The molecule has 0 spiro atoms. The number of hydrogen-bond donors (Lipinski definition) is 1. The second-order valence-corrected chi connectivity index (χ2v) is 6.64. The predicted octanol–water partition coefficient (Wildman–Crippen LogP) is 2.07. The summed E-state index contributed by atoms with van der Waals surface area (Å²) >= 11 is 0. The van der Waals surface area contributed by atoms with Crippen molar-refractivity contribution in [2.45, 2.75) is 13.5 Å². The van der Waals surface area contributed by atoms with Crippen LogP contribution >= 0.6 is 0 Å². The average molecular weight is 351 g/mol.